The normalized spacial score (nSPS) is 18.8. The van der Waals surface area contributed by atoms with Crippen LogP contribution >= 0.6 is 11.3 Å². The molecule has 1 amide bonds. The SMILES string of the molecule is O=C1NC2(CCCCC2)c2cc(Nc3ccnc4n[nH]nc34)sc21. The summed E-state index contributed by atoms with van der Waals surface area (Å²) < 4.78 is 0. The van der Waals surface area contributed by atoms with Crippen molar-refractivity contribution in [1.82, 2.24) is 25.7 Å². The molecule has 0 unspecified atom stereocenters. The summed E-state index contributed by atoms with van der Waals surface area (Å²) >= 11 is 1.50. The Balaban J connectivity index is 1.53. The van der Waals surface area contributed by atoms with Gasteiger partial charge in [0.1, 0.15) is 0 Å². The van der Waals surface area contributed by atoms with Crippen molar-refractivity contribution in [3.05, 3.63) is 28.8 Å². The van der Waals surface area contributed by atoms with Gasteiger partial charge < -0.3 is 10.6 Å². The number of H-pyrrole nitrogens is 1. The summed E-state index contributed by atoms with van der Waals surface area (Å²) in [6.45, 7) is 0. The number of pyridine rings is 1. The van der Waals surface area contributed by atoms with Crippen molar-refractivity contribution >= 4 is 39.1 Å². The predicted octanol–water partition coefficient (Wildman–Crippen LogP) is 3.06. The molecule has 0 aromatic carbocycles. The first kappa shape index (κ1) is 13.9. The molecule has 122 valence electrons. The van der Waals surface area contributed by atoms with Gasteiger partial charge in [-0.2, -0.15) is 10.3 Å². The lowest BCUT2D eigenvalue weighted by atomic mass is 9.78. The van der Waals surface area contributed by atoms with Gasteiger partial charge in [0.15, 0.2) is 5.52 Å². The monoisotopic (exact) mass is 340 g/mol. The number of nitrogens with one attached hydrogen (secondary N) is 3. The number of hydrogen-bond donors (Lipinski definition) is 3. The van der Waals surface area contributed by atoms with Crippen LogP contribution in [0.2, 0.25) is 0 Å². The van der Waals surface area contributed by atoms with Gasteiger partial charge in [-0.05, 0) is 25.0 Å². The molecule has 3 aromatic heterocycles. The molecule has 7 nitrogen and oxygen atoms in total. The summed E-state index contributed by atoms with van der Waals surface area (Å²) in [5.41, 5.74) is 3.12. The van der Waals surface area contributed by atoms with E-state index in [0.29, 0.717) is 11.2 Å². The van der Waals surface area contributed by atoms with Crippen LogP contribution < -0.4 is 10.6 Å². The third kappa shape index (κ3) is 1.96. The molecule has 24 heavy (non-hydrogen) atoms. The lowest BCUT2D eigenvalue weighted by Crippen LogP contribution is -2.40. The van der Waals surface area contributed by atoms with Gasteiger partial charge in [-0.25, -0.2) is 4.98 Å². The van der Waals surface area contributed by atoms with Gasteiger partial charge in [-0.1, -0.05) is 19.3 Å². The maximum atomic E-state index is 12.4. The standard InChI is InChI=1S/C16H16N6OS/c23-15-13-9(16(19-15)5-2-1-3-6-16)8-11(24-13)18-10-4-7-17-14-12(10)20-22-21-14/h4,7-8H,1-3,5-6H2,(H,19,23)(H2,17,18,20,21,22). The van der Waals surface area contributed by atoms with Gasteiger partial charge in [0.05, 0.1) is 21.1 Å². The second-order valence-corrected chi connectivity index (χ2v) is 7.48. The number of hydrogen-bond acceptors (Lipinski definition) is 6. The van der Waals surface area contributed by atoms with Crippen LogP contribution in [0.4, 0.5) is 10.7 Å². The van der Waals surface area contributed by atoms with Gasteiger partial charge in [0.25, 0.3) is 5.91 Å². The van der Waals surface area contributed by atoms with E-state index in [9.17, 15) is 4.79 Å². The van der Waals surface area contributed by atoms with E-state index in [4.69, 9.17) is 0 Å². The molecule has 0 bridgehead atoms. The fraction of sp³-hybridized carbons (Fsp3) is 0.375. The Labute approximate surface area is 141 Å². The van der Waals surface area contributed by atoms with Gasteiger partial charge in [-0.3, -0.25) is 4.79 Å². The molecular formula is C16H16N6OS. The van der Waals surface area contributed by atoms with E-state index in [0.717, 1.165) is 34.0 Å². The van der Waals surface area contributed by atoms with E-state index in [1.807, 2.05) is 6.07 Å². The number of amides is 1. The first-order valence-electron chi connectivity index (χ1n) is 8.15. The second-order valence-electron chi connectivity index (χ2n) is 6.43. The van der Waals surface area contributed by atoms with E-state index in [1.54, 1.807) is 6.20 Å². The molecule has 8 heteroatoms. The Hall–Kier alpha value is -2.48. The molecule has 2 aliphatic rings. The van der Waals surface area contributed by atoms with Gasteiger partial charge in [0.2, 0.25) is 5.65 Å². The quantitative estimate of drug-likeness (QED) is 0.666. The lowest BCUT2D eigenvalue weighted by molar-refractivity contribution is 0.0912. The van der Waals surface area contributed by atoms with E-state index < -0.39 is 0 Å². The first-order chi connectivity index (χ1) is 11.8. The fourth-order valence-corrected chi connectivity index (χ4v) is 4.92. The number of anilines is 2. The van der Waals surface area contributed by atoms with Crippen LogP contribution in [0, 0.1) is 0 Å². The van der Waals surface area contributed by atoms with E-state index in [-0.39, 0.29) is 11.4 Å². The smallest absolute Gasteiger partial charge is 0.262 e. The zero-order valence-electron chi connectivity index (χ0n) is 12.9. The second kappa shape index (κ2) is 5.01. The zero-order valence-corrected chi connectivity index (χ0v) is 13.7. The summed E-state index contributed by atoms with van der Waals surface area (Å²) in [6.07, 6.45) is 7.35. The highest BCUT2D eigenvalue weighted by Gasteiger charge is 2.44. The van der Waals surface area contributed by atoms with Crippen molar-refractivity contribution in [3.63, 3.8) is 0 Å². The molecule has 0 atom stereocenters. The topological polar surface area (TPSA) is 95.6 Å². The van der Waals surface area contributed by atoms with Crippen molar-refractivity contribution in [2.24, 2.45) is 0 Å². The average Bonchev–Trinajstić information content (AvgIpc) is 3.27. The number of carbonyl (C=O) groups is 1. The largest absolute Gasteiger partial charge is 0.345 e. The van der Waals surface area contributed by atoms with Crippen molar-refractivity contribution < 1.29 is 4.79 Å². The maximum absolute atomic E-state index is 12.4. The summed E-state index contributed by atoms with van der Waals surface area (Å²) in [5.74, 6) is 0.0614. The Morgan fingerprint density at radius 1 is 1.21 bits per heavy atom. The Bertz CT molecular complexity index is 939. The first-order valence-corrected chi connectivity index (χ1v) is 8.96. The Kier molecular flexibility index (Phi) is 2.90. The average molecular weight is 340 g/mol. The molecule has 1 aliphatic heterocycles. The summed E-state index contributed by atoms with van der Waals surface area (Å²) in [5, 5.41) is 18.3. The molecule has 1 saturated carbocycles. The minimum absolute atomic E-state index is 0.0614. The van der Waals surface area contributed by atoms with Crippen LogP contribution in [0.1, 0.15) is 47.3 Å². The van der Waals surface area contributed by atoms with Gasteiger partial charge in [-0.15, -0.1) is 16.4 Å². The highest BCUT2D eigenvalue weighted by atomic mass is 32.1. The number of aromatic amines is 1. The maximum Gasteiger partial charge on any atom is 0.262 e. The predicted molar refractivity (Wildman–Crippen MR) is 91.5 cm³/mol. The van der Waals surface area contributed by atoms with Crippen molar-refractivity contribution in [2.75, 3.05) is 5.32 Å². The third-order valence-electron chi connectivity index (χ3n) is 4.99. The number of carbonyl (C=O) groups excluding carboxylic acids is 1. The molecular weight excluding hydrogens is 324 g/mol. The van der Waals surface area contributed by atoms with Crippen LogP contribution in [-0.4, -0.2) is 26.3 Å². The molecule has 5 rings (SSSR count). The zero-order chi connectivity index (χ0) is 16.1. The fourth-order valence-electron chi connectivity index (χ4n) is 3.86. The summed E-state index contributed by atoms with van der Waals surface area (Å²) in [6, 6.07) is 3.99. The molecule has 3 aromatic rings. The van der Waals surface area contributed by atoms with E-state index in [2.05, 4.69) is 37.1 Å². The summed E-state index contributed by atoms with van der Waals surface area (Å²) in [7, 11) is 0. The van der Waals surface area contributed by atoms with Crippen LogP contribution in [0.15, 0.2) is 18.3 Å². The van der Waals surface area contributed by atoms with Gasteiger partial charge in [0, 0.05) is 11.8 Å². The highest BCUT2D eigenvalue weighted by Crippen LogP contribution is 2.47. The molecule has 0 radical (unpaired) electrons. The van der Waals surface area contributed by atoms with Crippen LogP contribution in [0.3, 0.4) is 0 Å². The molecule has 1 fully saturated rings. The van der Waals surface area contributed by atoms with Crippen molar-refractivity contribution in [1.29, 1.82) is 0 Å². The molecule has 0 saturated heterocycles. The number of fused-ring (bicyclic) bond motifs is 3. The third-order valence-corrected chi connectivity index (χ3v) is 6.04. The van der Waals surface area contributed by atoms with Crippen LogP contribution in [0.25, 0.3) is 11.2 Å². The van der Waals surface area contributed by atoms with E-state index >= 15 is 0 Å². The van der Waals surface area contributed by atoms with Crippen LogP contribution in [0.5, 0.6) is 0 Å². The van der Waals surface area contributed by atoms with Crippen LogP contribution in [-0.2, 0) is 5.54 Å². The van der Waals surface area contributed by atoms with Crippen molar-refractivity contribution in [3.8, 4) is 0 Å². The molecule has 4 heterocycles. The Morgan fingerprint density at radius 3 is 2.96 bits per heavy atom. The summed E-state index contributed by atoms with van der Waals surface area (Å²) in [4.78, 5) is 17.4. The number of rotatable bonds is 2. The number of nitrogens with zero attached hydrogens (tertiary/aromatic N) is 3. The van der Waals surface area contributed by atoms with Gasteiger partial charge >= 0.3 is 0 Å². The Morgan fingerprint density at radius 2 is 2.08 bits per heavy atom. The molecule has 3 N–H and O–H groups in total. The number of aromatic nitrogens is 4. The highest BCUT2D eigenvalue weighted by molar-refractivity contribution is 7.18. The van der Waals surface area contributed by atoms with E-state index in [1.165, 1.54) is 30.6 Å². The minimum atomic E-state index is -0.150. The minimum Gasteiger partial charge on any atom is -0.345 e. The lowest BCUT2D eigenvalue weighted by Gasteiger charge is -2.33. The molecule has 1 spiro atoms. The molecule has 1 aliphatic carbocycles. The van der Waals surface area contributed by atoms with Crippen molar-refractivity contribution in [2.45, 2.75) is 37.6 Å². The number of thiophene rings is 1.